The Balaban J connectivity index is 1.17. The van der Waals surface area contributed by atoms with Crippen molar-refractivity contribution in [3.8, 4) is 17.3 Å². The molecule has 4 aliphatic rings. The van der Waals surface area contributed by atoms with Crippen molar-refractivity contribution in [3.05, 3.63) is 42.1 Å². The van der Waals surface area contributed by atoms with Gasteiger partial charge in [-0.25, -0.2) is 9.97 Å². The quantitative estimate of drug-likeness (QED) is 0.291. The lowest BCUT2D eigenvalue weighted by Crippen LogP contribution is -2.74. The Morgan fingerprint density at radius 1 is 1.26 bits per heavy atom. The Kier molecular flexibility index (Phi) is 4.63. The summed E-state index contributed by atoms with van der Waals surface area (Å²) >= 11 is 0. The normalized spacial score (nSPS) is 26.8. The highest BCUT2D eigenvalue weighted by atomic mass is 16.5. The summed E-state index contributed by atoms with van der Waals surface area (Å²) in [7, 11) is 3.68. The Hall–Kier alpha value is -3.88. The standard InChI is InChI=1S/C30H33N7O2/c1-16(31)34-30-12-20-15-37(23(13-30)25(20)30)29(38)19-9-21-26(24(11-19)39-3)35(2)28(33-21)22-10-18-5-4-8-32-27(18)36(22)14-17-6-7-17/h4-5,8-11,17,20,23,25H,6-7,12-15H2,1-3H3,(H2,31,34)/t20?,23?,25-,30?/m1/s1. The number of benzene rings is 1. The minimum atomic E-state index is 0.0293. The molecule has 4 atom stereocenters. The molecule has 3 aromatic heterocycles. The minimum Gasteiger partial charge on any atom is -0.494 e. The molecular weight excluding hydrogens is 490 g/mol. The summed E-state index contributed by atoms with van der Waals surface area (Å²) in [5.41, 5.74) is 4.33. The number of amides is 1. The SMILES string of the molecule is COc1cc(C(=O)N2CC3CC4(NC(C)=N)CC2[C@@H]34)cc2nc(-c3cc4cccnc4n3CC3CC3)n(C)c12. The lowest BCUT2D eigenvalue weighted by atomic mass is 9.47. The van der Waals surface area contributed by atoms with E-state index in [0.717, 1.165) is 59.5 Å². The van der Waals surface area contributed by atoms with Gasteiger partial charge >= 0.3 is 0 Å². The molecule has 3 saturated carbocycles. The highest BCUT2D eigenvalue weighted by molar-refractivity contribution is 6.00. The third-order valence-electron chi connectivity index (χ3n) is 9.71. The van der Waals surface area contributed by atoms with Gasteiger partial charge in [0.25, 0.3) is 5.91 Å². The maximum absolute atomic E-state index is 13.9. The Bertz CT molecular complexity index is 1700. The van der Waals surface area contributed by atoms with Crippen LogP contribution in [0, 0.1) is 23.2 Å². The van der Waals surface area contributed by atoms with Crippen molar-refractivity contribution in [1.82, 2.24) is 29.3 Å². The van der Waals surface area contributed by atoms with Crippen LogP contribution in [0.5, 0.6) is 5.75 Å². The zero-order valence-corrected chi connectivity index (χ0v) is 22.6. The van der Waals surface area contributed by atoms with Gasteiger partial charge in [0.15, 0.2) is 5.82 Å². The molecule has 8 rings (SSSR count). The third-order valence-corrected chi connectivity index (χ3v) is 9.71. The fourth-order valence-electron chi connectivity index (χ4n) is 7.93. The molecule has 0 radical (unpaired) electrons. The number of ether oxygens (including phenoxy) is 1. The number of likely N-dealkylation sites (tertiary alicyclic amines) is 1. The minimum absolute atomic E-state index is 0.0293. The number of carbonyl (C=O) groups is 1. The van der Waals surface area contributed by atoms with Gasteiger partial charge in [0.2, 0.25) is 0 Å². The second kappa shape index (κ2) is 7.83. The first-order valence-corrected chi connectivity index (χ1v) is 14.0. The van der Waals surface area contributed by atoms with Crippen LogP contribution in [0.2, 0.25) is 0 Å². The van der Waals surface area contributed by atoms with Crippen molar-refractivity contribution in [2.45, 2.75) is 50.7 Å². The number of imidazole rings is 1. The van der Waals surface area contributed by atoms with Crippen LogP contribution in [-0.2, 0) is 13.6 Å². The summed E-state index contributed by atoms with van der Waals surface area (Å²) in [6.45, 7) is 3.53. The number of hydrogen-bond acceptors (Lipinski definition) is 5. The van der Waals surface area contributed by atoms with Crippen LogP contribution < -0.4 is 10.1 Å². The summed E-state index contributed by atoms with van der Waals surface area (Å²) in [6.07, 6.45) is 6.33. The molecule has 3 unspecified atom stereocenters. The zero-order valence-electron chi connectivity index (χ0n) is 22.6. The maximum Gasteiger partial charge on any atom is 0.254 e. The van der Waals surface area contributed by atoms with E-state index in [1.165, 1.54) is 12.8 Å². The summed E-state index contributed by atoms with van der Waals surface area (Å²) in [6, 6.07) is 10.3. The van der Waals surface area contributed by atoms with E-state index in [4.69, 9.17) is 20.1 Å². The maximum atomic E-state index is 13.9. The van der Waals surface area contributed by atoms with Gasteiger partial charge in [-0.1, -0.05) is 0 Å². The number of fused-ring (bicyclic) bond motifs is 2. The first-order valence-electron chi connectivity index (χ1n) is 14.0. The van der Waals surface area contributed by atoms with Crippen molar-refractivity contribution in [2.75, 3.05) is 13.7 Å². The average molecular weight is 524 g/mol. The predicted octanol–water partition coefficient (Wildman–Crippen LogP) is 4.20. The van der Waals surface area contributed by atoms with Crippen LogP contribution in [0.4, 0.5) is 0 Å². The number of aryl methyl sites for hydroxylation is 1. The molecule has 1 amide bonds. The summed E-state index contributed by atoms with van der Waals surface area (Å²) in [5, 5.41) is 12.4. The lowest BCUT2D eigenvalue weighted by molar-refractivity contribution is -0.0646. The van der Waals surface area contributed by atoms with Gasteiger partial charge in [-0.3, -0.25) is 10.2 Å². The monoisotopic (exact) mass is 523 g/mol. The predicted molar refractivity (Wildman–Crippen MR) is 149 cm³/mol. The van der Waals surface area contributed by atoms with Gasteiger partial charge in [0.05, 0.1) is 24.2 Å². The molecule has 9 heteroatoms. The van der Waals surface area contributed by atoms with Crippen molar-refractivity contribution in [3.63, 3.8) is 0 Å². The van der Waals surface area contributed by atoms with Gasteiger partial charge in [0.1, 0.15) is 16.9 Å². The van der Waals surface area contributed by atoms with Crippen LogP contribution in [0.25, 0.3) is 33.6 Å². The Morgan fingerprint density at radius 2 is 2.10 bits per heavy atom. The van der Waals surface area contributed by atoms with Crippen LogP contribution in [0.1, 0.15) is 43.0 Å². The van der Waals surface area contributed by atoms with E-state index < -0.39 is 0 Å². The number of nitrogens with one attached hydrogen (secondary N) is 2. The fourth-order valence-corrected chi connectivity index (χ4v) is 7.93. The van der Waals surface area contributed by atoms with E-state index in [0.29, 0.717) is 34.9 Å². The first kappa shape index (κ1) is 23.0. The van der Waals surface area contributed by atoms with E-state index in [1.54, 1.807) is 14.0 Å². The van der Waals surface area contributed by atoms with E-state index in [1.807, 2.05) is 31.4 Å². The number of aromatic nitrogens is 4. The number of hydrogen-bond donors (Lipinski definition) is 2. The van der Waals surface area contributed by atoms with Gasteiger partial charge in [-0.2, -0.15) is 0 Å². The smallest absolute Gasteiger partial charge is 0.254 e. The van der Waals surface area contributed by atoms with Crippen LogP contribution in [0.15, 0.2) is 36.5 Å². The summed E-state index contributed by atoms with van der Waals surface area (Å²) in [5.74, 6) is 3.74. The van der Waals surface area contributed by atoms with Crippen molar-refractivity contribution in [2.24, 2.45) is 24.8 Å². The van der Waals surface area contributed by atoms with Gasteiger partial charge in [-0.05, 0) is 74.8 Å². The Morgan fingerprint density at radius 3 is 2.87 bits per heavy atom. The molecule has 39 heavy (non-hydrogen) atoms. The molecule has 2 N–H and O–H groups in total. The summed E-state index contributed by atoms with van der Waals surface area (Å²) < 4.78 is 10.2. The van der Waals surface area contributed by atoms with Crippen molar-refractivity contribution in [1.29, 1.82) is 5.41 Å². The topological polar surface area (TPSA) is 101 Å². The van der Waals surface area contributed by atoms with Gasteiger partial charge in [0, 0.05) is 54.8 Å². The second-order valence-electron chi connectivity index (χ2n) is 12.2. The molecule has 1 saturated heterocycles. The third kappa shape index (κ3) is 3.19. The molecule has 4 fully saturated rings. The molecule has 200 valence electrons. The van der Waals surface area contributed by atoms with E-state index in [-0.39, 0.29) is 17.5 Å². The van der Waals surface area contributed by atoms with Gasteiger partial charge < -0.3 is 24.1 Å². The zero-order chi connectivity index (χ0) is 26.6. The first-order chi connectivity index (χ1) is 18.9. The van der Waals surface area contributed by atoms with E-state index in [2.05, 4.69) is 31.5 Å². The van der Waals surface area contributed by atoms with E-state index in [9.17, 15) is 4.79 Å². The highest BCUT2D eigenvalue weighted by Crippen LogP contribution is 2.63. The highest BCUT2D eigenvalue weighted by Gasteiger charge is 2.71. The Labute approximate surface area is 226 Å². The van der Waals surface area contributed by atoms with E-state index >= 15 is 0 Å². The van der Waals surface area contributed by atoms with Crippen LogP contribution in [0.3, 0.4) is 0 Å². The van der Waals surface area contributed by atoms with Crippen molar-refractivity contribution >= 4 is 33.8 Å². The molecule has 9 nitrogen and oxygen atoms in total. The van der Waals surface area contributed by atoms with Gasteiger partial charge in [-0.15, -0.1) is 0 Å². The molecule has 1 aromatic carbocycles. The summed E-state index contributed by atoms with van der Waals surface area (Å²) in [4.78, 5) is 25.7. The van der Waals surface area contributed by atoms with Crippen LogP contribution in [-0.4, -0.2) is 61.0 Å². The number of nitrogens with zero attached hydrogens (tertiary/aromatic N) is 5. The largest absolute Gasteiger partial charge is 0.494 e. The molecule has 3 aliphatic carbocycles. The molecule has 4 aromatic rings. The number of pyridine rings is 1. The van der Waals surface area contributed by atoms with Crippen LogP contribution >= 0.6 is 0 Å². The molecule has 0 spiro atoms. The number of methoxy groups -OCH3 is 1. The fraction of sp³-hybridized carbons (Fsp3) is 0.467. The molecule has 0 bridgehead atoms. The molecule has 1 aliphatic heterocycles. The molecule has 4 heterocycles. The number of amidine groups is 1. The number of carbonyl (C=O) groups excluding carboxylic acids is 1. The molecular formula is C30H33N7O2. The lowest BCUT2D eigenvalue weighted by Gasteiger charge is -2.63. The van der Waals surface area contributed by atoms with Crippen molar-refractivity contribution < 1.29 is 9.53 Å². The second-order valence-corrected chi connectivity index (χ2v) is 12.2. The average Bonchev–Trinajstić information content (AvgIpc) is 3.54. The number of rotatable bonds is 6.